The summed E-state index contributed by atoms with van der Waals surface area (Å²) in [4.78, 5) is 31.4. The molecule has 0 spiro atoms. The van der Waals surface area contributed by atoms with Gasteiger partial charge in [-0.2, -0.15) is 0 Å². The fourth-order valence-corrected chi connectivity index (χ4v) is 4.66. The van der Waals surface area contributed by atoms with E-state index in [1.54, 1.807) is 35.6 Å². The van der Waals surface area contributed by atoms with Gasteiger partial charge in [0, 0.05) is 29.6 Å². The van der Waals surface area contributed by atoms with Gasteiger partial charge in [0.25, 0.3) is 5.91 Å². The van der Waals surface area contributed by atoms with Gasteiger partial charge in [0.15, 0.2) is 0 Å². The van der Waals surface area contributed by atoms with E-state index in [4.69, 9.17) is 16.6 Å². The van der Waals surface area contributed by atoms with Crippen molar-refractivity contribution >= 4 is 45.0 Å². The largest absolute Gasteiger partial charge is 0.343 e. The molecule has 7 heteroatoms. The normalized spacial score (nSPS) is 16.9. The van der Waals surface area contributed by atoms with Gasteiger partial charge >= 0.3 is 0 Å². The number of hydrogen-bond acceptors (Lipinski definition) is 4. The van der Waals surface area contributed by atoms with E-state index in [0.717, 1.165) is 29.9 Å². The molecule has 1 saturated heterocycles. The van der Waals surface area contributed by atoms with Crippen LogP contribution in [0.2, 0.25) is 5.02 Å². The highest BCUT2D eigenvalue weighted by Crippen LogP contribution is 2.32. The van der Waals surface area contributed by atoms with Crippen molar-refractivity contribution in [2.24, 2.45) is 0 Å². The molecule has 1 aliphatic rings. The number of hydrogen-bond donors (Lipinski definition) is 1. The Hall–Kier alpha value is -2.44. The topological polar surface area (TPSA) is 62.3 Å². The minimum Gasteiger partial charge on any atom is -0.343 e. The molecule has 1 N–H and O–H groups in total. The van der Waals surface area contributed by atoms with Gasteiger partial charge < -0.3 is 10.2 Å². The molecule has 28 heavy (non-hydrogen) atoms. The summed E-state index contributed by atoms with van der Waals surface area (Å²) in [6.45, 7) is 1.36. The minimum atomic E-state index is -0.273. The first-order valence-electron chi connectivity index (χ1n) is 9.27. The highest BCUT2D eigenvalue weighted by molar-refractivity contribution is 7.18. The van der Waals surface area contributed by atoms with E-state index < -0.39 is 0 Å². The van der Waals surface area contributed by atoms with Crippen LogP contribution in [-0.4, -0.2) is 41.3 Å². The highest BCUT2D eigenvalue weighted by Gasteiger charge is 2.27. The van der Waals surface area contributed by atoms with Gasteiger partial charge in [-0.05, 0) is 49.2 Å². The summed E-state index contributed by atoms with van der Waals surface area (Å²) < 4.78 is 1.18. The molecule has 0 radical (unpaired) electrons. The molecule has 5 nitrogen and oxygen atoms in total. The smallest absolute Gasteiger partial charge is 0.251 e. The number of fused-ring (bicyclic) bond motifs is 1. The van der Waals surface area contributed by atoms with Crippen molar-refractivity contribution in [2.75, 3.05) is 19.6 Å². The van der Waals surface area contributed by atoms with Crippen LogP contribution in [0.25, 0.3) is 10.2 Å². The average molecular weight is 414 g/mol. The van der Waals surface area contributed by atoms with Crippen LogP contribution in [0.3, 0.4) is 0 Å². The molecule has 2 aromatic carbocycles. The number of benzene rings is 2. The van der Waals surface area contributed by atoms with E-state index >= 15 is 0 Å². The molecule has 1 atom stereocenters. The summed E-state index contributed by atoms with van der Waals surface area (Å²) in [6, 6.07) is 14.7. The lowest BCUT2D eigenvalue weighted by molar-refractivity contribution is -0.131. The number of nitrogens with zero attached hydrogens (tertiary/aromatic N) is 2. The summed E-state index contributed by atoms with van der Waals surface area (Å²) >= 11 is 7.54. The first kappa shape index (κ1) is 18.9. The lowest BCUT2D eigenvalue weighted by atomic mass is 9.98. The molecule has 0 aliphatic carbocycles. The Morgan fingerprint density at radius 3 is 2.75 bits per heavy atom. The molecule has 1 aliphatic heterocycles. The van der Waals surface area contributed by atoms with Crippen LogP contribution in [0.15, 0.2) is 48.5 Å². The summed E-state index contributed by atoms with van der Waals surface area (Å²) in [5.74, 6) is -0.0834. The number of likely N-dealkylation sites (tertiary alicyclic amines) is 1. The maximum Gasteiger partial charge on any atom is 0.251 e. The van der Waals surface area contributed by atoms with E-state index in [-0.39, 0.29) is 24.3 Å². The van der Waals surface area contributed by atoms with E-state index in [1.165, 1.54) is 4.70 Å². The van der Waals surface area contributed by atoms with Crippen molar-refractivity contribution in [3.8, 4) is 0 Å². The van der Waals surface area contributed by atoms with Crippen molar-refractivity contribution in [3.05, 3.63) is 64.1 Å². The maximum atomic E-state index is 12.6. The fourth-order valence-electron chi connectivity index (χ4n) is 3.44. The number of rotatable bonds is 4. The van der Waals surface area contributed by atoms with E-state index in [9.17, 15) is 9.59 Å². The monoisotopic (exact) mass is 413 g/mol. The molecular weight excluding hydrogens is 394 g/mol. The fraction of sp³-hybridized carbons (Fsp3) is 0.286. The maximum absolute atomic E-state index is 12.6. The summed E-state index contributed by atoms with van der Waals surface area (Å²) in [7, 11) is 0. The minimum absolute atomic E-state index is 0.00593. The van der Waals surface area contributed by atoms with Crippen molar-refractivity contribution < 1.29 is 9.59 Å². The molecule has 4 rings (SSSR count). The van der Waals surface area contributed by atoms with Gasteiger partial charge in [0.2, 0.25) is 5.91 Å². The number of piperidine rings is 1. The Balaban J connectivity index is 1.36. The number of amides is 2. The van der Waals surface area contributed by atoms with Crippen LogP contribution in [0, 0.1) is 0 Å². The van der Waals surface area contributed by atoms with Gasteiger partial charge in [-0.3, -0.25) is 9.59 Å². The molecule has 3 aromatic rings. The molecule has 2 heterocycles. The third-order valence-corrected chi connectivity index (χ3v) is 6.39. The second kappa shape index (κ2) is 8.29. The summed E-state index contributed by atoms with van der Waals surface area (Å²) in [6.07, 6.45) is 1.97. The predicted molar refractivity (Wildman–Crippen MR) is 112 cm³/mol. The number of carbonyl (C=O) groups excluding carboxylic acids is 2. The predicted octanol–water partition coefficient (Wildman–Crippen LogP) is 4.09. The quantitative estimate of drug-likeness (QED) is 0.700. The molecule has 1 fully saturated rings. The molecule has 144 valence electrons. The molecule has 1 aromatic heterocycles. The molecule has 2 amide bonds. The van der Waals surface area contributed by atoms with Crippen LogP contribution in [-0.2, 0) is 4.79 Å². The van der Waals surface area contributed by atoms with Crippen LogP contribution in [0.4, 0.5) is 0 Å². The zero-order chi connectivity index (χ0) is 19.5. The Kier molecular flexibility index (Phi) is 5.59. The number of para-hydroxylation sites is 1. The number of aromatic nitrogens is 1. The summed E-state index contributed by atoms with van der Waals surface area (Å²) in [5.41, 5.74) is 1.50. The lowest BCUT2D eigenvalue weighted by Gasteiger charge is -2.32. The Morgan fingerprint density at radius 2 is 1.96 bits per heavy atom. The standard InChI is InChI=1S/C21H20ClN3O2S/c22-16-9-7-14(8-10-16)20(27)23-12-19(26)25-11-3-4-15(13-25)21-24-17-5-1-2-6-18(17)28-21/h1-2,5-10,15H,3-4,11-13H2,(H,23,27)/t15-/m1/s1. The van der Waals surface area contributed by atoms with Crippen molar-refractivity contribution in [2.45, 2.75) is 18.8 Å². The van der Waals surface area contributed by atoms with Gasteiger partial charge in [0.05, 0.1) is 21.8 Å². The number of carbonyl (C=O) groups is 2. The summed E-state index contributed by atoms with van der Waals surface area (Å²) in [5, 5.41) is 4.36. The molecule has 0 bridgehead atoms. The Morgan fingerprint density at radius 1 is 1.18 bits per heavy atom. The van der Waals surface area contributed by atoms with Crippen LogP contribution < -0.4 is 5.32 Å². The number of thiazole rings is 1. The average Bonchev–Trinajstić information content (AvgIpc) is 3.17. The van der Waals surface area contributed by atoms with Crippen LogP contribution in [0.5, 0.6) is 0 Å². The zero-order valence-electron chi connectivity index (χ0n) is 15.2. The zero-order valence-corrected chi connectivity index (χ0v) is 16.8. The van der Waals surface area contributed by atoms with E-state index in [0.29, 0.717) is 17.1 Å². The first-order valence-corrected chi connectivity index (χ1v) is 10.5. The Labute approximate surface area is 172 Å². The molecular formula is C21H20ClN3O2S. The first-order chi connectivity index (χ1) is 13.6. The van der Waals surface area contributed by atoms with Gasteiger partial charge in [-0.25, -0.2) is 4.98 Å². The second-order valence-corrected chi connectivity index (χ2v) is 8.39. The highest BCUT2D eigenvalue weighted by atomic mass is 35.5. The van der Waals surface area contributed by atoms with Crippen molar-refractivity contribution in [3.63, 3.8) is 0 Å². The van der Waals surface area contributed by atoms with Crippen molar-refractivity contribution in [1.82, 2.24) is 15.2 Å². The van der Waals surface area contributed by atoms with Crippen LogP contribution >= 0.6 is 22.9 Å². The Bertz CT molecular complexity index is 969. The van der Waals surface area contributed by atoms with Gasteiger partial charge in [-0.1, -0.05) is 23.7 Å². The third-order valence-electron chi connectivity index (χ3n) is 4.94. The van der Waals surface area contributed by atoms with E-state index in [2.05, 4.69) is 11.4 Å². The number of halogens is 1. The third kappa shape index (κ3) is 4.18. The van der Waals surface area contributed by atoms with Gasteiger partial charge in [0.1, 0.15) is 0 Å². The molecule has 0 unspecified atom stereocenters. The number of nitrogens with one attached hydrogen (secondary N) is 1. The second-order valence-electron chi connectivity index (χ2n) is 6.89. The van der Waals surface area contributed by atoms with Crippen molar-refractivity contribution in [1.29, 1.82) is 0 Å². The van der Waals surface area contributed by atoms with Crippen LogP contribution in [0.1, 0.15) is 34.1 Å². The molecule has 0 saturated carbocycles. The lowest BCUT2D eigenvalue weighted by Crippen LogP contribution is -2.44. The van der Waals surface area contributed by atoms with E-state index in [1.807, 2.05) is 23.1 Å². The van der Waals surface area contributed by atoms with Gasteiger partial charge in [-0.15, -0.1) is 11.3 Å². The SMILES string of the molecule is O=C(NCC(=O)N1CCC[C@@H](c2nc3ccccc3s2)C1)c1ccc(Cl)cc1.